The Bertz CT molecular complexity index is 1180. The fraction of sp³-hybridized carbons (Fsp3) is 0.278. The summed E-state index contributed by atoms with van der Waals surface area (Å²) in [4.78, 5) is 16.2. The lowest BCUT2D eigenvalue weighted by Crippen LogP contribution is -2.53. The molecule has 0 N–H and O–H groups in total. The molecular weight excluding hydrogens is 382 g/mol. The van der Waals surface area contributed by atoms with Crippen molar-refractivity contribution in [3.63, 3.8) is 0 Å². The van der Waals surface area contributed by atoms with Gasteiger partial charge in [-0.15, -0.1) is 0 Å². The largest absolute Gasteiger partial charge is 0.496 e. The van der Waals surface area contributed by atoms with Crippen molar-refractivity contribution in [1.82, 2.24) is 23.6 Å². The van der Waals surface area contributed by atoms with Gasteiger partial charge in [-0.1, -0.05) is 12.1 Å². The molecule has 3 heterocycles. The Morgan fingerprint density at radius 2 is 1.89 bits per heavy atom. The highest BCUT2D eigenvalue weighted by Crippen LogP contribution is 2.29. The average molecular weight is 401 g/mol. The summed E-state index contributed by atoms with van der Waals surface area (Å²) in [6.45, 7) is 0.328. The number of benzene rings is 1. The van der Waals surface area contributed by atoms with E-state index in [0.29, 0.717) is 11.4 Å². The summed E-state index contributed by atoms with van der Waals surface area (Å²) in [5, 5.41) is 4.43. The van der Waals surface area contributed by atoms with Gasteiger partial charge in [0.15, 0.2) is 0 Å². The molecule has 1 fully saturated rings. The summed E-state index contributed by atoms with van der Waals surface area (Å²) in [6.07, 6.45) is 3.01. The number of hydrogen-bond donors (Lipinski definition) is 0. The van der Waals surface area contributed by atoms with Gasteiger partial charge in [0, 0.05) is 44.2 Å². The Kier molecular flexibility index (Phi) is 4.52. The van der Waals surface area contributed by atoms with Crippen molar-refractivity contribution in [3.05, 3.63) is 59.1 Å². The van der Waals surface area contributed by atoms with E-state index in [0.717, 1.165) is 5.56 Å². The van der Waals surface area contributed by atoms with Crippen LogP contribution >= 0.6 is 0 Å². The number of aromatic nitrogens is 4. The Labute approximate surface area is 161 Å². The lowest BCUT2D eigenvalue weighted by atomic mass is 10.1. The van der Waals surface area contributed by atoms with Gasteiger partial charge < -0.3 is 9.30 Å². The monoisotopic (exact) mass is 401 g/mol. The Hall–Kier alpha value is -2.98. The van der Waals surface area contributed by atoms with Crippen LogP contribution in [0.25, 0.3) is 11.3 Å². The van der Waals surface area contributed by atoms with E-state index in [-0.39, 0.29) is 29.8 Å². The third kappa shape index (κ3) is 3.00. The van der Waals surface area contributed by atoms with Crippen molar-refractivity contribution >= 4 is 10.0 Å². The van der Waals surface area contributed by atoms with Crippen molar-refractivity contribution in [3.8, 4) is 17.0 Å². The fourth-order valence-corrected chi connectivity index (χ4v) is 4.76. The zero-order valence-corrected chi connectivity index (χ0v) is 16.2. The molecule has 28 heavy (non-hydrogen) atoms. The molecule has 1 aromatic carbocycles. The van der Waals surface area contributed by atoms with Crippen molar-refractivity contribution in [2.45, 2.75) is 11.2 Å². The van der Waals surface area contributed by atoms with Crippen LogP contribution in [-0.2, 0) is 17.1 Å². The highest BCUT2D eigenvalue weighted by molar-refractivity contribution is 7.89. The molecule has 2 aromatic heterocycles. The lowest BCUT2D eigenvalue weighted by molar-refractivity contribution is 0.184. The summed E-state index contributed by atoms with van der Waals surface area (Å²) >= 11 is 0. The first-order valence-corrected chi connectivity index (χ1v) is 10.1. The first kappa shape index (κ1) is 18.4. The van der Waals surface area contributed by atoms with Gasteiger partial charge in [0.1, 0.15) is 5.75 Å². The molecular formula is C18H19N5O4S. The molecule has 9 nitrogen and oxygen atoms in total. The maximum Gasteiger partial charge on any atom is 0.277 e. The number of hydrogen-bond acceptors (Lipinski definition) is 6. The van der Waals surface area contributed by atoms with Gasteiger partial charge in [0.2, 0.25) is 5.16 Å². The van der Waals surface area contributed by atoms with Crippen LogP contribution in [0, 0.1) is 0 Å². The summed E-state index contributed by atoms with van der Waals surface area (Å²) < 4.78 is 34.7. The molecule has 0 atom stereocenters. The topological polar surface area (TPSA) is 99.3 Å². The highest BCUT2D eigenvalue weighted by atomic mass is 32.2. The van der Waals surface area contributed by atoms with Gasteiger partial charge >= 0.3 is 0 Å². The van der Waals surface area contributed by atoms with Crippen molar-refractivity contribution in [1.29, 1.82) is 0 Å². The van der Waals surface area contributed by atoms with E-state index in [1.165, 1.54) is 25.8 Å². The molecule has 0 unspecified atom stereocenters. The van der Waals surface area contributed by atoms with Gasteiger partial charge in [-0.05, 0) is 18.2 Å². The van der Waals surface area contributed by atoms with Crippen LogP contribution in [0.2, 0.25) is 0 Å². The Morgan fingerprint density at radius 3 is 2.57 bits per heavy atom. The minimum absolute atomic E-state index is 0.0194. The molecule has 0 radical (unpaired) electrons. The maximum absolute atomic E-state index is 12.6. The average Bonchev–Trinajstić information content (AvgIpc) is 3.09. The molecule has 0 aliphatic carbocycles. The first-order valence-electron chi connectivity index (χ1n) is 8.62. The van der Waals surface area contributed by atoms with E-state index in [1.54, 1.807) is 26.4 Å². The molecule has 0 saturated carbocycles. The van der Waals surface area contributed by atoms with E-state index in [1.807, 2.05) is 24.3 Å². The smallest absolute Gasteiger partial charge is 0.277 e. The molecule has 1 aliphatic rings. The molecule has 146 valence electrons. The Balaban J connectivity index is 1.60. The number of rotatable bonds is 5. The van der Waals surface area contributed by atoms with Crippen LogP contribution in [-0.4, -0.2) is 52.3 Å². The molecule has 1 aliphatic heterocycles. The van der Waals surface area contributed by atoms with Crippen LogP contribution < -0.4 is 10.3 Å². The SMILES string of the molecule is COc1ccccc1-c1ccc(=O)n(C2CN(S(=O)(=O)c3nccn3C)C2)n1. The van der Waals surface area contributed by atoms with Gasteiger partial charge in [-0.3, -0.25) is 4.79 Å². The van der Waals surface area contributed by atoms with Gasteiger partial charge in [0.05, 0.1) is 18.8 Å². The number of aryl methyl sites for hydroxylation is 1. The molecule has 0 spiro atoms. The molecule has 0 amide bonds. The normalized spacial score (nSPS) is 15.4. The minimum atomic E-state index is -3.69. The predicted octanol–water partition coefficient (Wildman–Crippen LogP) is 0.898. The van der Waals surface area contributed by atoms with E-state index in [4.69, 9.17) is 4.74 Å². The second-order valence-electron chi connectivity index (χ2n) is 6.50. The summed E-state index contributed by atoms with van der Waals surface area (Å²) in [7, 11) is -0.499. The van der Waals surface area contributed by atoms with E-state index >= 15 is 0 Å². The van der Waals surface area contributed by atoms with Crippen LogP contribution in [0.5, 0.6) is 5.75 Å². The van der Waals surface area contributed by atoms with E-state index in [9.17, 15) is 13.2 Å². The van der Waals surface area contributed by atoms with Gasteiger partial charge in [-0.2, -0.15) is 9.40 Å². The maximum atomic E-state index is 12.6. The number of imidazole rings is 1. The Morgan fingerprint density at radius 1 is 1.14 bits per heavy atom. The van der Waals surface area contributed by atoms with Crippen molar-refractivity contribution < 1.29 is 13.2 Å². The zero-order valence-electron chi connectivity index (χ0n) is 15.4. The number of para-hydroxylation sites is 1. The third-order valence-corrected chi connectivity index (χ3v) is 6.56. The standard InChI is InChI=1S/C18H19N5O4S/c1-21-10-9-19-18(21)28(25,26)22-11-13(12-22)23-17(24)8-7-15(20-23)14-5-3-4-6-16(14)27-2/h3-10,13H,11-12H2,1-2H3. The first-order chi connectivity index (χ1) is 13.4. The van der Waals surface area contributed by atoms with Crippen LogP contribution in [0.15, 0.2) is 58.7 Å². The quantitative estimate of drug-likeness (QED) is 0.630. The molecule has 10 heteroatoms. The molecule has 3 aromatic rings. The summed E-state index contributed by atoms with van der Waals surface area (Å²) in [5.74, 6) is 0.646. The summed E-state index contributed by atoms with van der Waals surface area (Å²) in [5.41, 5.74) is 1.07. The van der Waals surface area contributed by atoms with Gasteiger partial charge in [-0.25, -0.2) is 18.1 Å². The molecule has 0 bridgehead atoms. The second kappa shape index (κ2) is 6.88. The van der Waals surface area contributed by atoms with Crippen LogP contribution in [0.3, 0.4) is 0 Å². The van der Waals surface area contributed by atoms with Crippen molar-refractivity contribution in [2.75, 3.05) is 20.2 Å². The lowest BCUT2D eigenvalue weighted by Gasteiger charge is -2.37. The summed E-state index contributed by atoms with van der Waals surface area (Å²) in [6, 6.07) is 10.1. The van der Waals surface area contributed by atoms with Crippen molar-refractivity contribution in [2.24, 2.45) is 7.05 Å². The fourth-order valence-electron chi connectivity index (χ4n) is 3.17. The third-order valence-electron chi connectivity index (χ3n) is 4.73. The zero-order chi connectivity index (χ0) is 19.9. The van der Waals surface area contributed by atoms with Gasteiger partial charge in [0.25, 0.3) is 15.6 Å². The second-order valence-corrected chi connectivity index (χ2v) is 8.33. The number of ether oxygens (including phenoxy) is 1. The highest BCUT2D eigenvalue weighted by Gasteiger charge is 2.40. The molecule has 4 rings (SSSR count). The van der Waals surface area contributed by atoms with Crippen LogP contribution in [0.4, 0.5) is 0 Å². The number of nitrogens with zero attached hydrogens (tertiary/aromatic N) is 5. The molecule has 1 saturated heterocycles. The van der Waals surface area contributed by atoms with E-state index < -0.39 is 10.0 Å². The van der Waals surface area contributed by atoms with E-state index in [2.05, 4.69) is 10.1 Å². The number of sulfonamides is 1. The number of methoxy groups -OCH3 is 1. The van der Waals surface area contributed by atoms with Crippen LogP contribution in [0.1, 0.15) is 6.04 Å². The predicted molar refractivity (Wildman–Crippen MR) is 101 cm³/mol. The minimum Gasteiger partial charge on any atom is -0.496 e.